The smallest absolute Gasteiger partial charge is 0.102 e. The van der Waals surface area contributed by atoms with Crippen molar-refractivity contribution in [2.75, 3.05) is 39.4 Å². The highest BCUT2D eigenvalue weighted by molar-refractivity contribution is 4.60. The Hall–Kier alpha value is -0.120. The van der Waals surface area contributed by atoms with Gasteiger partial charge in [0, 0.05) is 0 Å². The third-order valence-electron chi connectivity index (χ3n) is 3.54. The van der Waals surface area contributed by atoms with E-state index >= 15 is 0 Å². The predicted molar refractivity (Wildman–Crippen MR) is 82.5 cm³/mol. The Morgan fingerprint density at radius 1 is 0.684 bits per heavy atom. The molecule has 0 rings (SSSR count). The molecule has 0 spiro atoms. The molecule has 0 saturated carbocycles. The summed E-state index contributed by atoms with van der Waals surface area (Å²) in [5, 5.41) is 0. The summed E-state index contributed by atoms with van der Waals surface area (Å²) in [6.07, 6.45) is 0. The van der Waals surface area contributed by atoms with Crippen LogP contribution in [0.15, 0.2) is 0 Å². The first-order valence-corrected chi connectivity index (χ1v) is 7.66. The molecule has 3 nitrogen and oxygen atoms in total. The zero-order valence-electron chi connectivity index (χ0n) is 14.5. The Balaban J connectivity index is 4.26. The number of rotatable bonds is 8. The third kappa shape index (κ3) is 9.42. The van der Waals surface area contributed by atoms with Gasteiger partial charge in [0.2, 0.25) is 0 Å². The summed E-state index contributed by atoms with van der Waals surface area (Å²) in [6.45, 7) is 23.3. The molecule has 0 aliphatic heterocycles. The molecule has 0 unspecified atom stereocenters. The van der Waals surface area contributed by atoms with Gasteiger partial charge in [-0.2, -0.15) is 0 Å². The van der Waals surface area contributed by atoms with Gasteiger partial charge in [0.05, 0.1) is 37.5 Å². The molecular formula is C16H36NO2+. The van der Waals surface area contributed by atoms with Crippen molar-refractivity contribution < 1.29 is 14.0 Å². The van der Waals surface area contributed by atoms with E-state index in [1.165, 1.54) is 0 Å². The van der Waals surface area contributed by atoms with E-state index in [1.807, 2.05) is 0 Å². The van der Waals surface area contributed by atoms with Crippen LogP contribution in [0.4, 0.5) is 0 Å². The monoisotopic (exact) mass is 274 g/mol. The van der Waals surface area contributed by atoms with Gasteiger partial charge in [0.1, 0.15) is 13.1 Å². The van der Waals surface area contributed by atoms with Crippen LogP contribution in [-0.2, 0) is 9.47 Å². The minimum atomic E-state index is -0.0426. The molecule has 0 N–H and O–H groups in total. The molecule has 0 radical (unpaired) electrons. The number of ether oxygens (including phenoxy) is 2. The van der Waals surface area contributed by atoms with Gasteiger partial charge in [0.25, 0.3) is 0 Å². The minimum Gasteiger partial charge on any atom is -0.370 e. The van der Waals surface area contributed by atoms with Crippen molar-refractivity contribution in [2.24, 2.45) is 0 Å². The molecule has 0 aromatic carbocycles. The number of hydrogen-bond donors (Lipinski definition) is 0. The van der Waals surface area contributed by atoms with Crippen LogP contribution in [-0.4, -0.2) is 55.1 Å². The molecule has 0 heterocycles. The fourth-order valence-electron chi connectivity index (χ4n) is 2.06. The Labute approximate surface area is 120 Å². The molecule has 116 valence electrons. The Morgan fingerprint density at radius 3 is 1.21 bits per heavy atom. The molecular weight excluding hydrogens is 238 g/mol. The minimum absolute atomic E-state index is 0.0426. The lowest BCUT2D eigenvalue weighted by Crippen LogP contribution is -2.52. The summed E-state index contributed by atoms with van der Waals surface area (Å²) < 4.78 is 12.8. The van der Waals surface area contributed by atoms with Crippen molar-refractivity contribution in [3.05, 3.63) is 0 Å². The van der Waals surface area contributed by atoms with Gasteiger partial charge in [-0.05, 0) is 55.4 Å². The Morgan fingerprint density at radius 2 is 1.00 bits per heavy atom. The van der Waals surface area contributed by atoms with E-state index in [4.69, 9.17) is 9.47 Å². The molecule has 0 aromatic heterocycles. The first kappa shape index (κ1) is 18.9. The maximum atomic E-state index is 5.88. The summed E-state index contributed by atoms with van der Waals surface area (Å²) in [6, 6.07) is 0. The lowest BCUT2D eigenvalue weighted by molar-refractivity contribution is -0.925. The molecule has 0 bridgehead atoms. The van der Waals surface area contributed by atoms with Gasteiger partial charge in [-0.3, -0.25) is 0 Å². The molecule has 19 heavy (non-hydrogen) atoms. The van der Waals surface area contributed by atoms with Crippen molar-refractivity contribution in [1.29, 1.82) is 0 Å². The molecule has 0 amide bonds. The van der Waals surface area contributed by atoms with Crippen molar-refractivity contribution in [3.8, 4) is 0 Å². The van der Waals surface area contributed by atoms with Crippen LogP contribution in [0.3, 0.4) is 0 Å². The first-order valence-electron chi connectivity index (χ1n) is 7.66. The number of likely N-dealkylation sites (N-methyl/N-ethyl adjacent to an activating group) is 1. The second kappa shape index (κ2) is 7.61. The highest BCUT2D eigenvalue weighted by Gasteiger charge is 2.25. The van der Waals surface area contributed by atoms with Gasteiger partial charge < -0.3 is 14.0 Å². The first-order chi connectivity index (χ1) is 8.54. The number of nitrogens with zero attached hydrogens (tertiary/aromatic N) is 1. The van der Waals surface area contributed by atoms with Crippen LogP contribution in [0.25, 0.3) is 0 Å². The Bertz CT molecular complexity index is 212. The number of quaternary nitrogens is 1. The standard InChI is InChI=1S/C16H36NO2/c1-9-17(10-2,11-13-18-15(3,4)5)12-14-19-16(6,7)8/h9-14H2,1-8H3/q+1. The molecule has 0 atom stereocenters. The number of hydrogen-bond acceptors (Lipinski definition) is 2. The van der Waals surface area contributed by atoms with Crippen LogP contribution in [0.5, 0.6) is 0 Å². The average Bonchev–Trinajstić information content (AvgIpc) is 2.24. The van der Waals surface area contributed by atoms with Gasteiger partial charge in [0.15, 0.2) is 0 Å². The Kier molecular flexibility index (Phi) is 7.56. The second-order valence-electron chi connectivity index (χ2n) is 7.34. The molecule has 0 aliphatic carbocycles. The van der Waals surface area contributed by atoms with Crippen LogP contribution < -0.4 is 0 Å². The van der Waals surface area contributed by atoms with E-state index in [-0.39, 0.29) is 11.2 Å². The van der Waals surface area contributed by atoms with Crippen molar-refractivity contribution >= 4 is 0 Å². The van der Waals surface area contributed by atoms with Crippen LogP contribution in [0, 0.1) is 0 Å². The zero-order valence-corrected chi connectivity index (χ0v) is 14.5. The third-order valence-corrected chi connectivity index (χ3v) is 3.54. The van der Waals surface area contributed by atoms with Gasteiger partial charge in [-0.1, -0.05) is 0 Å². The average molecular weight is 274 g/mol. The topological polar surface area (TPSA) is 18.5 Å². The summed E-state index contributed by atoms with van der Waals surface area (Å²) in [5.41, 5.74) is -0.0852. The zero-order chi connectivity index (χ0) is 15.2. The maximum absolute atomic E-state index is 5.88. The van der Waals surface area contributed by atoms with Crippen molar-refractivity contribution in [2.45, 2.75) is 66.6 Å². The van der Waals surface area contributed by atoms with E-state index in [9.17, 15) is 0 Å². The van der Waals surface area contributed by atoms with Gasteiger partial charge in [-0.15, -0.1) is 0 Å². The SMILES string of the molecule is CC[N+](CC)(CCOC(C)(C)C)CCOC(C)(C)C. The maximum Gasteiger partial charge on any atom is 0.102 e. The molecule has 0 fully saturated rings. The largest absolute Gasteiger partial charge is 0.370 e. The molecule has 0 aromatic rings. The summed E-state index contributed by atoms with van der Waals surface area (Å²) in [4.78, 5) is 0. The van der Waals surface area contributed by atoms with Gasteiger partial charge in [-0.25, -0.2) is 0 Å². The highest BCUT2D eigenvalue weighted by atomic mass is 16.5. The highest BCUT2D eigenvalue weighted by Crippen LogP contribution is 2.12. The summed E-state index contributed by atoms with van der Waals surface area (Å²) in [7, 11) is 0. The normalized spacial score (nSPS) is 13.9. The fourth-order valence-corrected chi connectivity index (χ4v) is 2.06. The molecule has 0 saturated heterocycles. The van der Waals surface area contributed by atoms with Crippen molar-refractivity contribution in [1.82, 2.24) is 0 Å². The van der Waals surface area contributed by atoms with Crippen LogP contribution in [0.1, 0.15) is 55.4 Å². The van der Waals surface area contributed by atoms with E-state index < -0.39 is 0 Å². The van der Waals surface area contributed by atoms with Crippen LogP contribution >= 0.6 is 0 Å². The summed E-state index contributed by atoms with van der Waals surface area (Å²) in [5.74, 6) is 0. The second-order valence-corrected chi connectivity index (χ2v) is 7.34. The van der Waals surface area contributed by atoms with E-state index in [0.29, 0.717) is 0 Å². The lowest BCUT2D eigenvalue weighted by Gasteiger charge is -2.38. The quantitative estimate of drug-likeness (QED) is 0.631. The predicted octanol–water partition coefficient (Wildman–Crippen LogP) is 3.47. The fraction of sp³-hybridized carbons (Fsp3) is 1.00. The summed E-state index contributed by atoms with van der Waals surface area (Å²) >= 11 is 0. The van der Waals surface area contributed by atoms with Gasteiger partial charge >= 0.3 is 0 Å². The van der Waals surface area contributed by atoms with Crippen LogP contribution in [0.2, 0.25) is 0 Å². The van der Waals surface area contributed by atoms with E-state index in [0.717, 1.165) is 43.9 Å². The van der Waals surface area contributed by atoms with E-state index in [1.54, 1.807) is 0 Å². The molecule has 0 aliphatic rings. The van der Waals surface area contributed by atoms with Crippen molar-refractivity contribution in [3.63, 3.8) is 0 Å². The molecule has 3 heteroatoms. The lowest BCUT2D eigenvalue weighted by atomic mass is 10.2. The van der Waals surface area contributed by atoms with E-state index in [2.05, 4.69) is 55.4 Å².